The lowest BCUT2D eigenvalue weighted by atomic mass is 9.37. The lowest BCUT2D eigenvalue weighted by molar-refractivity contribution is -0.130. The van der Waals surface area contributed by atoms with Gasteiger partial charge < -0.3 is 14.7 Å². The molecule has 39 heavy (non-hydrogen) atoms. The number of hydrogen-bond acceptors (Lipinski definition) is 3. The SMILES string of the molecule is CC(C)(C)OC(=O)N1CCC[C@]2(C)[C@H]3C=CC4=C5C[C@](C)(CO)CC[C@]5(C)CC[C@@]4(C)[C@]3(C)CC[C@H]2C1(C)C. The molecule has 7 atom stereocenters. The van der Waals surface area contributed by atoms with Gasteiger partial charge in [0.2, 0.25) is 0 Å². The van der Waals surface area contributed by atoms with Gasteiger partial charge in [-0.2, -0.15) is 0 Å². The van der Waals surface area contributed by atoms with E-state index < -0.39 is 5.60 Å². The van der Waals surface area contributed by atoms with Crippen molar-refractivity contribution in [2.24, 2.45) is 38.9 Å². The van der Waals surface area contributed by atoms with Gasteiger partial charge in [0.25, 0.3) is 0 Å². The number of likely N-dealkylation sites (tertiary alicyclic amines) is 1. The molecule has 220 valence electrons. The van der Waals surface area contributed by atoms with Crippen molar-refractivity contribution in [2.45, 2.75) is 138 Å². The Bertz CT molecular complexity index is 1080. The van der Waals surface area contributed by atoms with Gasteiger partial charge in [0, 0.05) is 18.7 Å². The van der Waals surface area contributed by atoms with Crippen LogP contribution in [-0.2, 0) is 4.74 Å². The Morgan fingerprint density at radius 2 is 1.67 bits per heavy atom. The summed E-state index contributed by atoms with van der Waals surface area (Å²) in [5, 5.41) is 10.3. The molecule has 0 aromatic heterocycles. The third-order valence-electron chi connectivity index (χ3n) is 13.2. The highest BCUT2D eigenvalue weighted by Gasteiger charge is 2.66. The molecule has 5 rings (SSSR count). The average molecular weight is 540 g/mol. The predicted molar refractivity (Wildman–Crippen MR) is 159 cm³/mol. The van der Waals surface area contributed by atoms with E-state index in [9.17, 15) is 9.90 Å². The molecule has 2 saturated carbocycles. The molecule has 0 radical (unpaired) electrons. The van der Waals surface area contributed by atoms with Crippen molar-refractivity contribution in [3.63, 3.8) is 0 Å². The summed E-state index contributed by atoms with van der Waals surface area (Å²) in [6.45, 7) is 24.1. The summed E-state index contributed by atoms with van der Waals surface area (Å²) in [4.78, 5) is 15.5. The number of rotatable bonds is 1. The number of hydrogen-bond donors (Lipinski definition) is 1. The molecule has 1 amide bonds. The molecule has 0 aromatic carbocycles. The molecule has 0 bridgehead atoms. The summed E-state index contributed by atoms with van der Waals surface area (Å²) >= 11 is 0. The van der Waals surface area contributed by atoms with Crippen molar-refractivity contribution >= 4 is 6.09 Å². The quantitative estimate of drug-likeness (QED) is 0.362. The molecule has 1 N–H and O–H groups in total. The third-order valence-corrected chi connectivity index (χ3v) is 13.2. The van der Waals surface area contributed by atoms with Gasteiger partial charge >= 0.3 is 6.09 Å². The zero-order chi connectivity index (χ0) is 28.9. The van der Waals surface area contributed by atoms with Gasteiger partial charge in [0.05, 0.1) is 0 Å². The van der Waals surface area contributed by atoms with Crippen LogP contribution in [0.2, 0.25) is 0 Å². The maximum absolute atomic E-state index is 13.5. The van der Waals surface area contributed by atoms with Crippen LogP contribution < -0.4 is 0 Å². The zero-order valence-electron chi connectivity index (χ0n) is 26.8. The summed E-state index contributed by atoms with van der Waals surface area (Å²) in [6.07, 6.45) is 15.4. The van der Waals surface area contributed by atoms with Gasteiger partial charge in [-0.1, -0.05) is 52.3 Å². The van der Waals surface area contributed by atoms with Crippen molar-refractivity contribution in [3.8, 4) is 0 Å². The first-order valence-corrected chi connectivity index (χ1v) is 15.9. The number of ether oxygens (including phenoxy) is 1. The Morgan fingerprint density at radius 1 is 1.00 bits per heavy atom. The van der Waals surface area contributed by atoms with Crippen LogP contribution in [0.5, 0.6) is 0 Å². The Morgan fingerprint density at radius 3 is 2.31 bits per heavy atom. The van der Waals surface area contributed by atoms with Crippen LogP contribution in [0.15, 0.2) is 23.3 Å². The fraction of sp³-hybridized carbons (Fsp3) is 0.857. The van der Waals surface area contributed by atoms with Crippen molar-refractivity contribution in [3.05, 3.63) is 23.3 Å². The summed E-state index contributed by atoms with van der Waals surface area (Å²) in [5.74, 6) is 0.898. The largest absolute Gasteiger partial charge is 0.444 e. The van der Waals surface area contributed by atoms with Gasteiger partial charge in [0.1, 0.15) is 5.60 Å². The standard InChI is InChI=1S/C35H57NO3/c1-29(2,3)39-28(38)36-21-11-15-33(8)26(30(36,4)5)14-16-35(10)27(33)13-12-24-25-22-31(6,23-37)17-18-32(25,7)19-20-34(24,35)9/h12-13,26-27,37H,11,14-23H2,1-10H3/t26-,27+,31+,32+,33-,34+,35+/m0/s1. The minimum Gasteiger partial charge on any atom is -0.444 e. The van der Waals surface area contributed by atoms with E-state index in [4.69, 9.17) is 4.74 Å². The van der Waals surface area contributed by atoms with E-state index in [1.807, 2.05) is 20.8 Å². The molecule has 0 spiro atoms. The molecule has 3 fully saturated rings. The van der Waals surface area contributed by atoms with Crippen LogP contribution in [0.25, 0.3) is 0 Å². The highest BCUT2D eigenvalue weighted by atomic mass is 16.6. The molecule has 1 aliphatic heterocycles. The fourth-order valence-corrected chi connectivity index (χ4v) is 10.5. The molecule has 0 unspecified atom stereocenters. The lowest BCUT2D eigenvalue weighted by Gasteiger charge is -2.67. The molecule has 1 heterocycles. The van der Waals surface area contributed by atoms with E-state index >= 15 is 0 Å². The second-order valence-electron chi connectivity index (χ2n) is 17.2. The number of aliphatic hydroxyl groups is 1. The van der Waals surface area contributed by atoms with Gasteiger partial charge in [-0.15, -0.1) is 0 Å². The second kappa shape index (κ2) is 8.85. The first-order valence-electron chi connectivity index (χ1n) is 15.9. The number of amides is 1. The molecule has 4 heteroatoms. The zero-order valence-corrected chi connectivity index (χ0v) is 26.8. The van der Waals surface area contributed by atoms with E-state index in [0.29, 0.717) is 11.8 Å². The molecule has 0 aromatic rings. The lowest BCUT2D eigenvalue weighted by Crippen LogP contribution is -2.63. The van der Waals surface area contributed by atoms with Crippen molar-refractivity contribution in [1.29, 1.82) is 0 Å². The monoisotopic (exact) mass is 539 g/mol. The Labute approximate surface area is 239 Å². The van der Waals surface area contributed by atoms with Crippen LogP contribution in [-0.4, -0.2) is 40.4 Å². The van der Waals surface area contributed by atoms with E-state index in [2.05, 4.69) is 65.5 Å². The normalized spacial score (nSPS) is 45.5. The van der Waals surface area contributed by atoms with E-state index in [1.165, 1.54) is 25.7 Å². The molecular formula is C35H57NO3. The van der Waals surface area contributed by atoms with Crippen molar-refractivity contribution < 1.29 is 14.6 Å². The first kappa shape index (κ1) is 29.2. The number of allylic oxidation sites excluding steroid dienone is 4. The molecule has 1 saturated heterocycles. The van der Waals surface area contributed by atoms with Gasteiger partial charge in [-0.3, -0.25) is 0 Å². The Hall–Kier alpha value is -1.29. The second-order valence-corrected chi connectivity index (χ2v) is 17.2. The van der Waals surface area contributed by atoms with E-state index in [-0.39, 0.29) is 45.3 Å². The smallest absolute Gasteiger partial charge is 0.410 e. The van der Waals surface area contributed by atoms with Crippen LogP contribution in [0, 0.1) is 38.9 Å². The number of aliphatic hydroxyl groups excluding tert-OH is 1. The van der Waals surface area contributed by atoms with Crippen molar-refractivity contribution in [2.75, 3.05) is 13.2 Å². The first-order chi connectivity index (χ1) is 17.9. The summed E-state index contributed by atoms with van der Waals surface area (Å²) < 4.78 is 5.93. The van der Waals surface area contributed by atoms with Crippen molar-refractivity contribution in [1.82, 2.24) is 4.90 Å². The van der Waals surface area contributed by atoms with Gasteiger partial charge in [0.15, 0.2) is 0 Å². The molecule has 4 nitrogen and oxygen atoms in total. The van der Waals surface area contributed by atoms with E-state index in [0.717, 1.165) is 38.6 Å². The molecule has 4 aliphatic carbocycles. The van der Waals surface area contributed by atoms with Crippen LogP contribution in [0.1, 0.15) is 127 Å². The fourth-order valence-electron chi connectivity index (χ4n) is 10.5. The number of carbonyl (C=O) groups excluding carboxylic acids is 1. The number of fused-ring (bicyclic) bond motifs is 6. The Kier molecular flexibility index (Phi) is 6.63. The third kappa shape index (κ3) is 4.19. The summed E-state index contributed by atoms with van der Waals surface area (Å²) in [5.41, 5.74) is 3.24. The minimum absolute atomic E-state index is 0.00571. The Balaban J connectivity index is 1.57. The van der Waals surface area contributed by atoms with Crippen LogP contribution in [0.4, 0.5) is 4.79 Å². The highest BCUT2D eigenvalue weighted by molar-refractivity contribution is 5.69. The summed E-state index contributed by atoms with van der Waals surface area (Å²) in [6, 6.07) is 0. The van der Waals surface area contributed by atoms with E-state index in [1.54, 1.807) is 11.1 Å². The maximum Gasteiger partial charge on any atom is 0.410 e. The number of carbonyl (C=O) groups is 1. The maximum atomic E-state index is 13.5. The average Bonchev–Trinajstić information content (AvgIpc) is 2.92. The molecular weight excluding hydrogens is 482 g/mol. The number of nitrogens with zero attached hydrogens (tertiary/aromatic N) is 1. The summed E-state index contributed by atoms with van der Waals surface area (Å²) in [7, 11) is 0. The van der Waals surface area contributed by atoms with Gasteiger partial charge in [-0.05, 0) is 137 Å². The van der Waals surface area contributed by atoms with Crippen LogP contribution >= 0.6 is 0 Å². The topological polar surface area (TPSA) is 49.8 Å². The minimum atomic E-state index is -0.487. The highest BCUT2D eigenvalue weighted by Crippen LogP contribution is 2.73. The molecule has 5 aliphatic rings. The predicted octanol–water partition coefficient (Wildman–Crippen LogP) is 8.69. The van der Waals surface area contributed by atoms with Crippen LogP contribution in [0.3, 0.4) is 0 Å². The van der Waals surface area contributed by atoms with Gasteiger partial charge in [-0.25, -0.2) is 4.79 Å².